The zero-order valence-electron chi connectivity index (χ0n) is 13.0. The third kappa shape index (κ3) is 4.27. The van der Waals surface area contributed by atoms with Crippen molar-refractivity contribution in [3.63, 3.8) is 0 Å². The van der Waals surface area contributed by atoms with Gasteiger partial charge < -0.3 is 10.2 Å². The van der Waals surface area contributed by atoms with E-state index in [1.807, 2.05) is 0 Å². The molecule has 1 N–H and O–H groups in total. The molecule has 4 heteroatoms. The minimum atomic E-state index is -0.239. The molecule has 1 aliphatic carbocycles. The van der Waals surface area contributed by atoms with E-state index in [2.05, 4.69) is 24.3 Å². The van der Waals surface area contributed by atoms with Crippen molar-refractivity contribution < 1.29 is 9.18 Å². The maximum atomic E-state index is 12.8. The smallest absolute Gasteiger partial charge is 0.220 e. The molecule has 1 fully saturated rings. The Bertz CT molecular complexity index is 464. The normalized spacial score (nSPS) is 17.1. The lowest BCUT2D eigenvalue weighted by Crippen LogP contribution is -2.50. The van der Waals surface area contributed by atoms with E-state index in [9.17, 15) is 9.18 Å². The van der Waals surface area contributed by atoms with E-state index < -0.39 is 0 Å². The number of benzene rings is 1. The number of nitrogens with zero attached hydrogens (tertiary/aromatic N) is 1. The van der Waals surface area contributed by atoms with Crippen molar-refractivity contribution in [2.75, 3.05) is 20.6 Å². The number of rotatable bonds is 6. The molecular formula is C17H25FN2O. The highest BCUT2D eigenvalue weighted by Gasteiger charge is 2.35. The van der Waals surface area contributed by atoms with Crippen molar-refractivity contribution >= 4 is 5.91 Å². The Morgan fingerprint density at radius 3 is 2.43 bits per heavy atom. The second kappa shape index (κ2) is 7.03. The lowest BCUT2D eigenvalue weighted by Gasteiger charge is -2.36. The molecule has 0 aromatic heterocycles. The van der Waals surface area contributed by atoms with Crippen molar-refractivity contribution in [2.45, 2.75) is 44.1 Å². The number of aryl methyl sites for hydroxylation is 1. The van der Waals surface area contributed by atoms with E-state index in [0.29, 0.717) is 12.8 Å². The summed E-state index contributed by atoms with van der Waals surface area (Å²) in [6, 6.07) is 6.35. The molecular weight excluding hydrogens is 267 g/mol. The summed E-state index contributed by atoms with van der Waals surface area (Å²) in [6.45, 7) is 0.724. The molecule has 0 saturated heterocycles. The Kier molecular flexibility index (Phi) is 5.34. The van der Waals surface area contributed by atoms with Gasteiger partial charge in [-0.15, -0.1) is 0 Å². The molecule has 1 aromatic carbocycles. The molecule has 0 spiro atoms. The minimum absolute atomic E-state index is 0.0763. The highest BCUT2D eigenvalue weighted by molar-refractivity contribution is 5.76. The number of hydrogen-bond acceptors (Lipinski definition) is 2. The fourth-order valence-corrected chi connectivity index (χ4v) is 3.08. The number of likely N-dealkylation sites (N-methyl/N-ethyl adjacent to an activating group) is 1. The Hall–Kier alpha value is -1.42. The zero-order chi connectivity index (χ0) is 15.3. The van der Waals surface area contributed by atoms with Crippen LogP contribution in [0.15, 0.2) is 24.3 Å². The number of hydrogen-bond donors (Lipinski definition) is 1. The topological polar surface area (TPSA) is 32.3 Å². The lowest BCUT2D eigenvalue weighted by atomic mass is 9.96. The van der Waals surface area contributed by atoms with Crippen molar-refractivity contribution in [3.8, 4) is 0 Å². The summed E-state index contributed by atoms with van der Waals surface area (Å²) in [5, 5.41) is 3.07. The van der Waals surface area contributed by atoms with Gasteiger partial charge in [-0.1, -0.05) is 25.0 Å². The summed E-state index contributed by atoms with van der Waals surface area (Å²) in [5.41, 5.74) is 1.13. The summed E-state index contributed by atoms with van der Waals surface area (Å²) in [5.74, 6) is -0.162. The fraction of sp³-hybridized carbons (Fsp3) is 0.588. The highest BCUT2D eigenvalue weighted by atomic mass is 19.1. The van der Waals surface area contributed by atoms with Crippen LogP contribution in [-0.4, -0.2) is 37.0 Å². The Morgan fingerprint density at radius 1 is 1.24 bits per heavy atom. The Morgan fingerprint density at radius 2 is 1.86 bits per heavy atom. The van der Waals surface area contributed by atoms with E-state index in [1.165, 1.54) is 25.0 Å². The summed E-state index contributed by atoms with van der Waals surface area (Å²) in [6.07, 6.45) is 5.89. The van der Waals surface area contributed by atoms with E-state index in [4.69, 9.17) is 0 Å². The van der Waals surface area contributed by atoms with Crippen molar-refractivity contribution in [1.82, 2.24) is 10.2 Å². The average Bonchev–Trinajstić information content (AvgIpc) is 2.95. The summed E-state index contributed by atoms with van der Waals surface area (Å²) in [7, 11) is 4.19. The van der Waals surface area contributed by atoms with Gasteiger partial charge in [-0.3, -0.25) is 4.79 Å². The number of nitrogens with one attached hydrogen (secondary N) is 1. The molecule has 0 heterocycles. The first-order chi connectivity index (χ1) is 10.0. The molecule has 1 amide bonds. The fourth-order valence-electron chi connectivity index (χ4n) is 3.08. The second-order valence-corrected chi connectivity index (χ2v) is 6.23. The van der Waals surface area contributed by atoms with Gasteiger partial charge in [-0.05, 0) is 51.1 Å². The number of amides is 1. The maximum absolute atomic E-state index is 12.8. The van der Waals surface area contributed by atoms with Crippen LogP contribution in [0.5, 0.6) is 0 Å². The van der Waals surface area contributed by atoms with Crippen LogP contribution in [-0.2, 0) is 11.2 Å². The van der Waals surface area contributed by atoms with E-state index in [1.54, 1.807) is 12.1 Å². The standard InChI is InChI=1S/C17H25FN2O/c1-20(2)17(11-3-4-12-17)13-19-16(21)10-7-14-5-8-15(18)9-6-14/h5-6,8-9H,3-4,7,10-13H2,1-2H3,(H,19,21). The van der Waals surface area contributed by atoms with Gasteiger partial charge in [0, 0.05) is 18.5 Å². The van der Waals surface area contributed by atoms with Gasteiger partial charge in [0.05, 0.1) is 0 Å². The first kappa shape index (κ1) is 16.0. The van der Waals surface area contributed by atoms with Crippen molar-refractivity contribution in [3.05, 3.63) is 35.6 Å². The first-order valence-electron chi connectivity index (χ1n) is 7.70. The van der Waals surface area contributed by atoms with Crippen molar-refractivity contribution in [2.24, 2.45) is 0 Å². The number of carbonyl (C=O) groups is 1. The molecule has 0 atom stereocenters. The second-order valence-electron chi connectivity index (χ2n) is 6.23. The van der Waals surface area contributed by atoms with Crippen LogP contribution in [0.3, 0.4) is 0 Å². The molecule has 1 aromatic rings. The Labute approximate surface area is 126 Å². The quantitative estimate of drug-likeness (QED) is 0.874. The molecule has 0 radical (unpaired) electrons. The first-order valence-corrected chi connectivity index (χ1v) is 7.70. The van der Waals surface area contributed by atoms with Gasteiger partial charge in [0.2, 0.25) is 5.91 Å². The monoisotopic (exact) mass is 292 g/mol. The molecule has 21 heavy (non-hydrogen) atoms. The number of carbonyl (C=O) groups excluding carboxylic acids is 1. The molecule has 0 unspecified atom stereocenters. The predicted octanol–water partition coefficient (Wildman–Crippen LogP) is 2.75. The SMILES string of the molecule is CN(C)C1(CNC(=O)CCc2ccc(F)cc2)CCCC1. The van der Waals surface area contributed by atoms with E-state index in [0.717, 1.165) is 24.9 Å². The summed E-state index contributed by atoms with van der Waals surface area (Å²) >= 11 is 0. The minimum Gasteiger partial charge on any atom is -0.354 e. The van der Waals surface area contributed by atoms with E-state index in [-0.39, 0.29) is 17.3 Å². The molecule has 0 aliphatic heterocycles. The maximum Gasteiger partial charge on any atom is 0.220 e. The molecule has 2 rings (SSSR count). The number of halogens is 1. The van der Waals surface area contributed by atoms with Gasteiger partial charge in [-0.25, -0.2) is 4.39 Å². The molecule has 0 bridgehead atoms. The van der Waals surface area contributed by atoms with Crippen LogP contribution in [0.4, 0.5) is 4.39 Å². The highest BCUT2D eigenvalue weighted by Crippen LogP contribution is 2.33. The van der Waals surface area contributed by atoms with Crippen LogP contribution in [0.2, 0.25) is 0 Å². The van der Waals surface area contributed by atoms with Crippen LogP contribution in [0.25, 0.3) is 0 Å². The summed E-state index contributed by atoms with van der Waals surface area (Å²) in [4.78, 5) is 14.3. The van der Waals surface area contributed by atoms with Gasteiger partial charge in [0.25, 0.3) is 0 Å². The van der Waals surface area contributed by atoms with E-state index >= 15 is 0 Å². The van der Waals surface area contributed by atoms with Gasteiger partial charge in [0.1, 0.15) is 5.82 Å². The molecule has 3 nitrogen and oxygen atoms in total. The molecule has 1 saturated carbocycles. The molecule has 116 valence electrons. The summed E-state index contributed by atoms with van der Waals surface area (Å²) < 4.78 is 12.8. The van der Waals surface area contributed by atoms with Gasteiger partial charge in [0.15, 0.2) is 0 Å². The third-order valence-electron chi connectivity index (χ3n) is 4.65. The largest absolute Gasteiger partial charge is 0.354 e. The lowest BCUT2D eigenvalue weighted by molar-refractivity contribution is -0.121. The Balaban J connectivity index is 1.78. The van der Waals surface area contributed by atoms with Crippen LogP contribution < -0.4 is 5.32 Å². The predicted molar refractivity (Wildman–Crippen MR) is 82.6 cm³/mol. The average molecular weight is 292 g/mol. The van der Waals surface area contributed by atoms with Crippen molar-refractivity contribution in [1.29, 1.82) is 0 Å². The van der Waals surface area contributed by atoms with Gasteiger partial charge in [-0.2, -0.15) is 0 Å². The van der Waals surface area contributed by atoms with Crippen LogP contribution in [0, 0.1) is 5.82 Å². The zero-order valence-corrected chi connectivity index (χ0v) is 13.0. The molecule has 1 aliphatic rings. The van der Waals surface area contributed by atoms with Gasteiger partial charge >= 0.3 is 0 Å². The third-order valence-corrected chi connectivity index (χ3v) is 4.65. The van der Waals surface area contributed by atoms with Crippen LogP contribution in [0.1, 0.15) is 37.7 Å². The van der Waals surface area contributed by atoms with Crippen LogP contribution >= 0.6 is 0 Å².